The number of para-hydroxylation sites is 2. The van der Waals surface area contributed by atoms with Crippen molar-refractivity contribution in [2.24, 2.45) is 0 Å². The topological polar surface area (TPSA) is 101 Å². The first kappa shape index (κ1) is 34.2. The van der Waals surface area contributed by atoms with Crippen LogP contribution in [0.1, 0.15) is 33.6 Å². The van der Waals surface area contributed by atoms with Crippen molar-refractivity contribution < 1.29 is 9.47 Å². The van der Waals surface area contributed by atoms with Gasteiger partial charge in [0, 0.05) is 74.6 Å². The minimum Gasteiger partial charge on any atom is -0.497 e. The molecule has 8 rings (SSSR count). The van der Waals surface area contributed by atoms with Crippen LogP contribution >= 0.6 is 11.6 Å². The molecule has 11 heteroatoms. The van der Waals surface area contributed by atoms with E-state index < -0.39 is 0 Å². The molecule has 0 unspecified atom stereocenters. The number of hydrogen-bond donors (Lipinski definition) is 2. The van der Waals surface area contributed by atoms with E-state index in [0.29, 0.717) is 18.8 Å². The molecule has 0 aliphatic carbocycles. The zero-order valence-corrected chi connectivity index (χ0v) is 29.5. The Morgan fingerprint density at radius 3 is 2.00 bits per heavy atom. The van der Waals surface area contributed by atoms with E-state index in [2.05, 4.69) is 44.3 Å². The highest BCUT2D eigenvalue weighted by atomic mass is 35.5. The van der Waals surface area contributed by atoms with E-state index in [4.69, 9.17) is 21.1 Å². The molecule has 0 bridgehead atoms. The Morgan fingerprint density at radius 1 is 0.667 bits per heavy atom. The zero-order chi connectivity index (χ0) is 35.3. The van der Waals surface area contributed by atoms with Gasteiger partial charge in [0.05, 0.1) is 31.0 Å². The van der Waals surface area contributed by atoms with E-state index >= 15 is 0 Å². The first-order valence-corrected chi connectivity index (χ1v) is 17.4. The van der Waals surface area contributed by atoms with Crippen LogP contribution in [0.15, 0.2) is 113 Å². The van der Waals surface area contributed by atoms with Gasteiger partial charge in [0.25, 0.3) is 11.1 Å². The van der Waals surface area contributed by atoms with Crippen molar-refractivity contribution in [2.45, 2.75) is 39.0 Å². The Hall–Kier alpha value is -5.29. The smallest absolute Gasteiger partial charge is 0.276 e. The van der Waals surface area contributed by atoms with Gasteiger partial charge in [-0.2, -0.15) is 0 Å². The summed E-state index contributed by atoms with van der Waals surface area (Å²) in [5, 5.41) is 7.30. The van der Waals surface area contributed by atoms with E-state index in [1.54, 1.807) is 23.6 Å². The summed E-state index contributed by atoms with van der Waals surface area (Å²) in [5.74, 6) is 1.41. The van der Waals surface area contributed by atoms with Gasteiger partial charge in [-0.05, 0) is 41.5 Å². The third-order valence-corrected chi connectivity index (χ3v) is 9.87. The number of benzene rings is 4. The molecule has 2 aliphatic heterocycles. The van der Waals surface area contributed by atoms with Gasteiger partial charge in [-0.25, -0.2) is 9.36 Å². The molecule has 0 fully saturated rings. The summed E-state index contributed by atoms with van der Waals surface area (Å²) < 4.78 is 13.9. The molecule has 262 valence electrons. The third-order valence-electron chi connectivity index (χ3n) is 9.50. The van der Waals surface area contributed by atoms with Crippen LogP contribution in [0.4, 0.5) is 0 Å². The minimum absolute atomic E-state index is 0.00267. The highest BCUT2D eigenvalue weighted by molar-refractivity contribution is 6.31. The van der Waals surface area contributed by atoms with Crippen LogP contribution in [0.2, 0.25) is 5.02 Å². The maximum Gasteiger partial charge on any atom is 0.276 e. The number of aromatic amines is 2. The molecule has 0 saturated heterocycles. The summed E-state index contributed by atoms with van der Waals surface area (Å²) in [4.78, 5) is 30.4. The lowest BCUT2D eigenvalue weighted by molar-refractivity contribution is 0.244. The second kappa shape index (κ2) is 15.3. The van der Waals surface area contributed by atoms with E-state index in [1.807, 2.05) is 78.9 Å². The Morgan fingerprint density at radius 2 is 1.29 bits per heavy atom. The van der Waals surface area contributed by atoms with Crippen molar-refractivity contribution in [3.8, 4) is 22.9 Å². The van der Waals surface area contributed by atoms with E-state index in [1.165, 1.54) is 5.56 Å². The molecule has 4 heterocycles. The van der Waals surface area contributed by atoms with Crippen molar-refractivity contribution in [3.63, 3.8) is 0 Å². The molecule has 0 atom stereocenters. The number of nitrogens with zero attached hydrogens (tertiary/aromatic N) is 4. The number of methoxy groups -OCH3 is 2. The number of H-pyrrole nitrogens is 2. The molecule has 4 aromatic carbocycles. The first-order chi connectivity index (χ1) is 24.9. The van der Waals surface area contributed by atoms with Crippen molar-refractivity contribution in [3.05, 3.63) is 163 Å². The largest absolute Gasteiger partial charge is 0.497 e. The van der Waals surface area contributed by atoms with Crippen LogP contribution in [0.3, 0.4) is 0 Å². The second-order valence-electron chi connectivity index (χ2n) is 12.8. The molecule has 2 aromatic heterocycles. The number of halogens is 1. The molecule has 10 nitrogen and oxygen atoms in total. The molecular weight excluding hydrogens is 664 g/mol. The van der Waals surface area contributed by atoms with Gasteiger partial charge >= 0.3 is 0 Å². The number of rotatable bonds is 8. The van der Waals surface area contributed by atoms with Crippen LogP contribution < -0.4 is 20.6 Å². The summed E-state index contributed by atoms with van der Waals surface area (Å²) >= 11 is 6.28. The number of aromatic nitrogens is 4. The van der Waals surface area contributed by atoms with Gasteiger partial charge in [-0.3, -0.25) is 29.6 Å². The van der Waals surface area contributed by atoms with Crippen LogP contribution in [-0.2, 0) is 39.0 Å². The fourth-order valence-corrected chi connectivity index (χ4v) is 7.01. The molecule has 6 aromatic rings. The van der Waals surface area contributed by atoms with E-state index in [9.17, 15) is 9.59 Å². The number of fused-ring (bicyclic) bond motifs is 2. The van der Waals surface area contributed by atoms with Crippen molar-refractivity contribution in [2.75, 3.05) is 27.3 Å². The van der Waals surface area contributed by atoms with Crippen LogP contribution in [0.25, 0.3) is 11.4 Å². The monoisotopic (exact) mass is 704 g/mol. The van der Waals surface area contributed by atoms with Gasteiger partial charge < -0.3 is 9.47 Å². The SMILES string of the molecule is COc1cccc(-n2[nH]c3c(c2=O)CN(Cc2ccccc2Cl)CC3)c1.COc1ccccc1-n1[nH]c2c(c1=O)CN(Cc1ccccc1)CC2. The highest BCUT2D eigenvalue weighted by Gasteiger charge is 2.25. The van der Waals surface area contributed by atoms with Gasteiger partial charge in [0.1, 0.15) is 17.2 Å². The molecule has 0 amide bonds. The standard InChI is InChI=1S/C20H20ClN3O2.C20H21N3O2/c1-26-16-7-4-6-15(11-16)24-20(25)17-13-23(10-9-19(17)22-24)12-14-5-2-3-8-18(14)21;1-25-19-10-6-5-9-18(19)23-20(24)16-14-22(12-11-17(16)21-23)13-15-7-3-2-4-8-15/h2-8,11,22H,9-10,12-13H2,1H3;2-10,21H,11-14H2,1H3. The lowest BCUT2D eigenvalue weighted by Gasteiger charge is -2.26. The molecule has 0 radical (unpaired) electrons. The van der Waals surface area contributed by atoms with Crippen molar-refractivity contribution >= 4 is 11.6 Å². The average Bonchev–Trinajstić information content (AvgIpc) is 3.68. The summed E-state index contributed by atoms with van der Waals surface area (Å²) in [5.41, 5.74) is 7.61. The Labute approximate surface area is 301 Å². The molecule has 2 N–H and O–H groups in total. The predicted octanol–water partition coefficient (Wildman–Crippen LogP) is 6.12. The maximum absolute atomic E-state index is 12.9. The molecule has 0 saturated carbocycles. The third kappa shape index (κ3) is 7.44. The quantitative estimate of drug-likeness (QED) is 0.198. The Balaban J connectivity index is 0.000000159. The van der Waals surface area contributed by atoms with Crippen molar-refractivity contribution in [1.29, 1.82) is 0 Å². The molecular formula is C40H41ClN6O4. The Kier molecular flexibility index (Phi) is 10.3. The summed E-state index contributed by atoms with van der Waals surface area (Å²) in [7, 11) is 3.24. The predicted molar refractivity (Wildman–Crippen MR) is 199 cm³/mol. The van der Waals surface area contributed by atoms with Gasteiger partial charge in [0.15, 0.2) is 0 Å². The summed E-state index contributed by atoms with van der Waals surface area (Å²) in [6.07, 6.45) is 1.66. The average molecular weight is 705 g/mol. The van der Waals surface area contributed by atoms with E-state index in [-0.39, 0.29) is 11.1 Å². The molecule has 51 heavy (non-hydrogen) atoms. The maximum atomic E-state index is 12.9. The number of ether oxygens (including phenoxy) is 2. The minimum atomic E-state index is -0.00267. The number of nitrogens with one attached hydrogen (secondary N) is 2. The summed E-state index contributed by atoms with van der Waals surface area (Å²) in [6, 6.07) is 33.3. The van der Waals surface area contributed by atoms with Gasteiger partial charge in [-0.15, -0.1) is 0 Å². The Bertz CT molecular complexity index is 2240. The fourth-order valence-electron chi connectivity index (χ4n) is 6.81. The zero-order valence-electron chi connectivity index (χ0n) is 28.8. The molecule has 0 spiro atoms. The first-order valence-electron chi connectivity index (χ1n) is 17.1. The second-order valence-corrected chi connectivity index (χ2v) is 13.2. The van der Waals surface area contributed by atoms with Crippen LogP contribution in [-0.4, -0.2) is 56.7 Å². The van der Waals surface area contributed by atoms with Crippen LogP contribution in [0.5, 0.6) is 11.5 Å². The fraction of sp³-hybridized carbons (Fsp3) is 0.250. The normalized spacial score (nSPS) is 14.3. The lowest BCUT2D eigenvalue weighted by Crippen LogP contribution is -2.32. The summed E-state index contributed by atoms with van der Waals surface area (Å²) in [6.45, 7) is 4.71. The van der Waals surface area contributed by atoms with Crippen molar-refractivity contribution in [1.82, 2.24) is 29.4 Å². The number of hydrogen-bond acceptors (Lipinski definition) is 6. The highest BCUT2D eigenvalue weighted by Crippen LogP contribution is 2.24. The lowest BCUT2D eigenvalue weighted by atomic mass is 10.1. The van der Waals surface area contributed by atoms with E-state index in [0.717, 1.165) is 89.2 Å². The van der Waals surface area contributed by atoms with Gasteiger partial charge in [-0.1, -0.05) is 78.3 Å². The van der Waals surface area contributed by atoms with Gasteiger partial charge in [0.2, 0.25) is 0 Å². The van der Waals surface area contributed by atoms with Crippen LogP contribution in [0, 0.1) is 0 Å². The molecule has 2 aliphatic rings.